The summed E-state index contributed by atoms with van der Waals surface area (Å²) in [7, 11) is 0. The van der Waals surface area contributed by atoms with Crippen LogP contribution >= 0.6 is 0 Å². The molecule has 0 N–H and O–H groups in total. The van der Waals surface area contributed by atoms with Gasteiger partial charge in [-0.05, 0) is 36.8 Å². The first kappa shape index (κ1) is 13.1. The maximum Gasteiger partial charge on any atom is 0.214 e. The minimum Gasteiger partial charge on any atom is -0.371 e. The first-order chi connectivity index (χ1) is 9.81. The second-order valence-electron chi connectivity index (χ2n) is 5.46. The zero-order valence-electron chi connectivity index (χ0n) is 11.5. The maximum absolute atomic E-state index is 13.1. The number of pyridine rings is 1. The molecule has 3 rings (SSSR count). The van der Waals surface area contributed by atoms with E-state index >= 15 is 0 Å². The Morgan fingerprint density at radius 1 is 1.10 bits per heavy atom. The van der Waals surface area contributed by atoms with Crippen LogP contribution in [-0.4, -0.2) is 18.1 Å². The van der Waals surface area contributed by atoms with Crippen molar-refractivity contribution in [2.24, 2.45) is 5.92 Å². The van der Waals surface area contributed by atoms with Crippen molar-refractivity contribution in [2.75, 3.05) is 18.0 Å². The molecule has 3 heteroatoms. The van der Waals surface area contributed by atoms with Gasteiger partial charge in [-0.25, -0.2) is 4.98 Å². The molecule has 0 atom stereocenters. The van der Waals surface area contributed by atoms with Gasteiger partial charge in [0.1, 0.15) is 0 Å². The molecule has 0 aliphatic carbocycles. The summed E-state index contributed by atoms with van der Waals surface area (Å²) in [5.41, 5.74) is 2.37. The van der Waals surface area contributed by atoms with Crippen molar-refractivity contribution in [3.63, 3.8) is 0 Å². The third-order valence-electron chi connectivity index (χ3n) is 4.06. The van der Waals surface area contributed by atoms with Crippen LogP contribution in [0.4, 0.5) is 10.1 Å². The molecule has 1 aliphatic rings. The van der Waals surface area contributed by atoms with Crippen LogP contribution in [0, 0.1) is 11.9 Å². The number of rotatable bonds is 3. The summed E-state index contributed by atoms with van der Waals surface area (Å²) in [5, 5.41) is 0. The van der Waals surface area contributed by atoms with Crippen molar-refractivity contribution in [1.82, 2.24) is 4.98 Å². The zero-order valence-corrected chi connectivity index (χ0v) is 11.5. The Morgan fingerprint density at radius 3 is 2.55 bits per heavy atom. The van der Waals surface area contributed by atoms with E-state index < -0.39 is 5.95 Å². The first-order valence-corrected chi connectivity index (χ1v) is 7.22. The number of halogens is 1. The predicted molar refractivity (Wildman–Crippen MR) is 79.3 cm³/mol. The van der Waals surface area contributed by atoms with Crippen molar-refractivity contribution in [1.29, 1.82) is 0 Å². The molecular formula is C17H19FN2. The highest BCUT2D eigenvalue weighted by Gasteiger charge is 2.19. The van der Waals surface area contributed by atoms with Crippen LogP contribution < -0.4 is 4.90 Å². The summed E-state index contributed by atoms with van der Waals surface area (Å²) in [6, 6.07) is 14.1. The molecule has 1 aromatic carbocycles. The Morgan fingerprint density at radius 2 is 1.85 bits per heavy atom. The fourth-order valence-corrected chi connectivity index (χ4v) is 2.93. The summed E-state index contributed by atoms with van der Waals surface area (Å²) in [6.07, 6.45) is 5.03. The van der Waals surface area contributed by atoms with E-state index in [2.05, 4.69) is 40.2 Å². The van der Waals surface area contributed by atoms with Gasteiger partial charge in [-0.2, -0.15) is 4.39 Å². The number of benzene rings is 1. The molecule has 1 saturated heterocycles. The van der Waals surface area contributed by atoms with E-state index in [0.717, 1.165) is 31.1 Å². The number of hydrogen-bond donors (Lipinski definition) is 0. The molecule has 0 unspecified atom stereocenters. The Kier molecular flexibility index (Phi) is 3.95. The normalized spacial score (nSPS) is 16.4. The van der Waals surface area contributed by atoms with E-state index in [9.17, 15) is 4.39 Å². The van der Waals surface area contributed by atoms with E-state index in [-0.39, 0.29) is 0 Å². The molecule has 2 heterocycles. The van der Waals surface area contributed by atoms with E-state index in [1.165, 1.54) is 24.5 Å². The van der Waals surface area contributed by atoms with E-state index in [1.807, 2.05) is 6.07 Å². The van der Waals surface area contributed by atoms with Gasteiger partial charge in [0.2, 0.25) is 5.95 Å². The van der Waals surface area contributed by atoms with Crippen molar-refractivity contribution in [2.45, 2.75) is 19.3 Å². The van der Waals surface area contributed by atoms with Crippen LogP contribution in [0.25, 0.3) is 0 Å². The number of aromatic nitrogens is 1. The molecule has 1 fully saturated rings. The average Bonchev–Trinajstić information content (AvgIpc) is 2.49. The molecule has 0 saturated carbocycles. The number of anilines is 1. The van der Waals surface area contributed by atoms with Gasteiger partial charge in [0, 0.05) is 31.0 Å². The monoisotopic (exact) mass is 270 g/mol. The molecule has 0 bridgehead atoms. The highest BCUT2D eigenvalue weighted by Crippen LogP contribution is 2.25. The lowest BCUT2D eigenvalue weighted by Crippen LogP contribution is -2.34. The fourth-order valence-electron chi connectivity index (χ4n) is 2.93. The minimum atomic E-state index is -0.395. The molecule has 1 aromatic heterocycles. The predicted octanol–water partition coefficient (Wildman–Crippen LogP) is 3.68. The standard InChI is InChI=1S/C17H19FN2/c18-17-13-16(6-9-19-17)20-10-7-15(8-11-20)12-14-4-2-1-3-5-14/h1-6,9,13,15H,7-8,10-12H2. The highest BCUT2D eigenvalue weighted by atomic mass is 19.1. The molecular weight excluding hydrogens is 251 g/mol. The van der Waals surface area contributed by atoms with Gasteiger partial charge in [-0.15, -0.1) is 0 Å². The molecule has 1 aliphatic heterocycles. The Bertz CT molecular complexity index is 548. The number of hydrogen-bond acceptors (Lipinski definition) is 2. The second-order valence-corrected chi connectivity index (χ2v) is 5.46. The fraction of sp³-hybridized carbons (Fsp3) is 0.353. The van der Waals surface area contributed by atoms with Gasteiger partial charge in [-0.3, -0.25) is 0 Å². The van der Waals surface area contributed by atoms with Crippen molar-refractivity contribution < 1.29 is 4.39 Å². The van der Waals surface area contributed by atoms with Gasteiger partial charge in [0.15, 0.2) is 0 Å². The van der Waals surface area contributed by atoms with Crippen LogP contribution in [0.2, 0.25) is 0 Å². The summed E-state index contributed by atoms with van der Waals surface area (Å²) >= 11 is 0. The summed E-state index contributed by atoms with van der Waals surface area (Å²) in [4.78, 5) is 5.87. The Hall–Kier alpha value is -1.90. The van der Waals surface area contributed by atoms with Crippen LogP contribution in [0.5, 0.6) is 0 Å². The van der Waals surface area contributed by atoms with Gasteiger partial charge < -0.3 is 4.90 Å². The first-order valence-electron chi connectivity index (χ1n) is 7.22. The maximum atomic E-state index is 13.1. The van der Waals surface area contributed by atoms with Crippen LogP contribution in [-0.2, 0) is 6.42 Å². The SMILES string of the molecule is Fc1cc(N2CCC(Cc3ccccc3)CC2)ccn1. The topological polar surface area (TPSA) is 16.1 Å². The van der Waals surface area contributed by atoms with Gasteiger partial charge in [-0.1, -0.05) is 30.3 Å². The Labute approximate surface area is 119 Å². The molecule has 20 heavy (non-hydrogen) atoms. The van der Waals surface area contributed by atoms with Crippen LogP contribution in [0.3, 0.4) is 0 Å². The van der Waals surface area contributed by atoms with Crippen molar-refractivity contribution in [3.8, 4) is 0 Å². The third-order valence-corrected chi connectivity index (χ3v) is 4.06. The largest absolute Gasteiger partial charge is 0.371 e. The average molecular weight is 270 g/mol. The molecule has 2 aromatic rings. The lowest BCUT2D eigenvalue weighted by molar-refractivity contribution is 0.403. The lowest BCUT2D eigenvalue weighted by atomic mass is 9.90. The van der Waals surface area contributed by atoms with E-state index in [4.69, 9.17) is 0 Å². The van der Waals surface area contributed by atoms with Gasteiger partial charge in [0.05, 0.1) is 0 Å². The highest BCUT2D eigenvalue weighted by molar-refractivity contribution is 5.45. The molecule has 0 radical (unpaired) electrons. The molecule has 104 valence electrons. The van der Waals surface area contributed by atoms with E-state index in [1.54, 1.807) is 6.20 Å². The minimum absolute atomic E-state index is 0.395. The lowest BCUT2D eigenvalue weighted by Gasteiger charge is -2.33. The number of piperidine rings is 1. The van der Waals surface area contributed by atoms with Crippen LogP contribution in [0.1, 0.15) is 18.4 Å². The van der Waals surface area contributed by atoms with Gasteiger partial charge >= 0.3 is 0 Å². The van der Waals surface area contributed by atoms with E-state index in [0.29, 0.717) is 0 Å². The smallest absolute Gasteiger partial charge is 0.214 e. The second kappa shape index (κ2) is 6.04. The number of nitrogens with zero attached hydrogens (tertiary/aromatic N) is 2. The molecule has 0 spiro atoms. The summed E-state index contributed by atoms with van der Waals surface area (Å²) < 4.78 is 13.1. The Balaban J connectivity index is 1.57. The van der Waals surface area contributed by atoms with Gasteiger partial charge in [0.25, 0.3) is 0 Å². The van der Waals surface area contributed by atoms with Crippen LogP contribution in [0.15, 0.2) is 48.7 Å². The zero-order chi connectivity index (χ0) is 13.8. The third kappa shape index (κ3) is 3.16. The van der Waals surface area contributed by atoms with Crippen molar-refractivity contribution in [3.05, 3.63) is 60.2 Å². The quantitative estimate of drug-likeness (QED) is 0.791. The molecule has 2 nitrogen and oxygen atoms in total. The summed E-state index contributed by atoms with van der Waals surface area (Å²) in [6.45, 7) is 2.00. The summed E-state index contributed by atoms with van der Waals surface area (Å²) in [5.74, 6) is 0.342. The van der Waals surface area contributed by atoms with Crippen molar-refractivity contribution >= 4 is 5.69 Å². The molecule has 0 amide bonds.